The summed E-state index contributed by atoms with van der Waals surface area (Å²) in [5.74, 6) is -0.0386. The van der Waals surface area contributed by atoms with E-state index in [1.54, 1.807) is 7.11 Å². The second-order valence-electron chi connectivity index (χ2n) is 7.15. The number of hydrogen-bond acceptors (Lipinski definition) is 6. The van der Waals surface area contributed by atoms with Gasteiger partial charge in [-0.2, -0.15) is 0 Å². The SMILES string of the molecule is CCCCC(NC(=O)OCc1ccccc1)P(=O)(OC)C(=S)NCc1ccc(OC)cc1. The molecule has 2 N–H and O–H groups in total. The van der Waals surface area contributed by atoms with Crippen LogP contribution in [0.15, 0.2) is 54.6 Å². The highest BCUT2D eigenvalue weighted by atomic mass is 32.1. The van der Waals surface area contributed by atoms with Crippen molar-refractivity contribution in [1.82, 2.24) is 10.6 Å². The van der Waals surface area contributed by atoms with Crippen LogP contribution in [0, 0.1) is 0 Å². The topological polar surface area (TPSA) is 85.9 Å². The zero-order valence-electron chi connectivity index (χ0n) is 18.7. The molecule has 2 aromatic carbocycles. The molecule has 0 aliphatic heterocycles. The Kier molecular flexibility index (Phi) is 10.7. The summed E-state index contributed by atoms with van der Waals surface area (Å²) in [6.07, 6.45) is 1.41. The van der Waals surface area contributed by atoms with Crippen LogP contribution in [0.2, 0.25) is 0 Å². The van der Waals surface area contributed by atoms with E-state index in [4.69, 9.17) is 26.2 Å². The van der Waals surface area contributed by atoms with Gasteiger partial charge in [0.15, 0.2) is 4.73 Å². The molecule has 0 aliphatic rings. The first kappa shape index (κ1) is 25.8. The van der Waals surface area contributed by atoms with Crippen LogP contribution in [0.1, 0.15) is 37.3 Å². The van der Waals surface area contributed by atoms with Crippen molar-refractivity contribution >= 4 is 30.4 Å². The zero-order chi connectivity index (χ0) is 23.4. The molecule has 2 aromatic rings. The van der Waals surface area contributed by atoms with Gasteiger partial charge in [0.25, 0.3) is 7.37 Å². The number of carbonyl (C=O) groups excluding carboxylic acids is 1. The summed E-state index contributed by atoms with van der Waals surface area (Å²) in [5.41, 5.74) is 1.80. The molecule has 174 valence electrons. The van der Waals surface area contributed by atoms with E-state index >= 15 is 0 Å². The summed E-state index contributed by atoms with van der Waals surface area (Å²) in [6, 6.07) is 16.8. The first-order chi connectivity index (χ1) is 15.4. The Balaban J connectivity index is 2.03. The average molecular weight is 479 g/mol. The van der Waals surface area contributed by atoms with Crippen molar-refractivity contribution in [2.45, 2.75) is 45.1 Å². The van der Waals surface area contributed by atoms with Crippen LogP contribution in [-0.4, -0.2) is 30.8 Å². The van der Waals surface area contributed by atoms with Gasteiger partial charge in [0.2, 0.25) is 0 Å². The third kappa shape index (κ3) is 7.62. The normalized spacial score (nSPS) is 13.5. The smallest absolute Gasteiger partial charge is 0.408 e. The number of carbonyl (C=O) groups is 1. The van der Waals surface area contributed by atoms with Crippen molar-refractivity contribution in [2.24, 2.45) is 0 Å². The number of rotatable bonds is 12. The Morgan fingerprint density at radius 2 is 1.75 bits per heavy atom. The van der Waals surface area contributed by atoms with Crippen LogP contribution in [0.25, 0.3) is 0 Å². The molecule has 0 saturated heterocycles. The zero-order valence-corrected chi connectivity index (χ0v) is 20.4. The highest BCUT2D eigenvalue weighted by Crippen LogP contribution is 2.52. The lowest BCUT2D eigenvalue weighted by Gasteiger charge is -2.27. The monoisotopic (exact) mass is 478 g/mol. The van der Waals surface area contributed by atoms with E-state index in [0.717, 1.165) is 29.7 Å². The standard InChI is InChI=1S/C23H31N2O5PS/c1-4-5-11-21(25-22(26)30-17-19-9-7-6-8-10-19)31(27,29-3)23(32)24-16-18-12-14-20(28-2)15-13-18/h6-10,12-15,21H,4-5,11,16-17H2,1-3H3,(H,24,32)(H,25,26). The quantitative estimate of drug-likeness (QED) is 0.310. The van der Waals surface area contributed by atoms with E-state index in [-0.39, 0.29) is 11.3 Å². The van der Waals surface area contributed by atoms with Crippen LogP contribution in [-0.2, 0) is 27.0 Å². The maximum absolute atomic E-state index is 13.7. The number of benzene rings is 2. The van der Waals surface area contributed by atoms with Gasteiger partial charge in [0.05, 0.1) is 7.11 Å². The molecule has 1 amide bonds. The van der Waals surface area contributed by atoms with Crippen LogP contribution < -0.4 is 15.4 Å². The van der Waals surface area contributed by atoms with E-state index in [1.807, 2.05) is 61.5 Å². The van der Waals surface area contributed by atoms with Crippen LogP contribution >= 0.6 is 19.6 Å². The third-order valence-electron chi connectivity index (χ3n) is 4.90. The molecule has 32 heavy (non-hydrogen) atoms. The molecule has 0 bridgehead atoms. The summed E-state index contributed by atoms with van der Waals surface area (Å²) < 4.78 is 29.7. The maximum Gasteiger partial charge on any atom is 0.408 e. The van der Waals surface area contributed by atoms with Gasteiger partial charge >= 0.3 is 6.09 Å². The fraction of sp³-hybridized carbons (Fsp3) is 0.391. The van der Waals surface area contributed by atoms with Crippen molar-refractivity contribution < 1.29 is 23.4 Å². The molecule has 0 aromatic heterocycles. The van der Waals surface area contributed by atoms with Gasteiger partial charge in [-0.25, -0.2) is 4.79 Å². The molecule has 9 heteroatoms. The third-order valence-corrected chi connectivity index (χ3v) is 8.28. The van der Waals surface area contributed by atoms with Crippen molar-refractivity contribution in [3.8, 4) is 5.75 Å². The van der Waals surface area contributed by atoms with Gasteiger partial charge in [0, 0.05) is 13.7 Å². The van der Waals surface area contributed by atoms with Gasteiger partial charge in [-0.05, 0) is 29.7 Å². The molecule has 0 spiro atoms. The van der Waals surface area contributed by atoms with Crippen molar-refractivity contribution in [2.75, 3.05) is 14.2 Å². The Bertz CT molecular complexity index is 908. The second kappa shape index (κ2) is 13.2. The van der Waals surface area contributed by atoms with Crippen molar-refractivity contribution in [3.05, 3.63) is 65.7 Å². The molecular weight excluding hydrogens is 447 g/mol. The molecule has 2 unspecified atom stereocenters. The predicted molar refractivity (Wildman–Crippen MR) is 130 cm³/mol. The van der Waals surface area contributed by atoms with Crippen LogP contribution in [0.3, 0.4) is 0 Å². The number of thiocarbonyl (C=S) groups is 1. The molecule has 2 atom stereocenters. The van der Waals surface area contributed by atoms with Gasteiger partial charge in [-0.3, -0.25) is 4.57 Å². The number of alkyl carbamates (subject to hydrolysis) is 1. The van der Waals surface area contributed by atoms with Crippen molar-refractivity contribution in [3.63, 3.8) is 0 Å². The van der Waals surface area contributed by atoms with E-state index < -0.39 is 19.2 Å². The summed E-state index contributed by atoms with van der Waals surface area (Å²) in [5, 5.41) is 5.74. The minimum Gasteiger partial charge on any atom is -0.497 e. The number of ether oxygens (including phenoxy) is 2. The number of methoxy groups -OCH3 is 1. The van der Waals surface area contributed by atoms with Crippen molar-refractivity contribution in [1.29, 1.82) is 0 Å². The number of unbranched alkanes of at least 4 members (excludes halogenated alkanes) is 1. The highest BCUT2D eigenvalue weighted by Gasteiger charge is 2.39. The second-order valence-corrected chi connectivity index (χ2v) is 10.5. The number of hydrogen-bond donors (Lipinski definition) is 2. The van der Waals surface area contributed by atoms with Crippen LogP contribution in [0.4, 0.5) is 4.79 Å². The Labute approximate surface area is 195 Å². The molecule has 0 fully saturated rings. The lowest BCUT2D eigenvalue weighted by atomic mass is 10.2. The predicted octanol–water partition coefficient (Wildman–Crippen LogP) is 5.44. The molecule has 0 radical (unpaired) electrons. The van der Waals surface area contributed by atoms with Gasteiger partial charge in [-0.15, -0.1) is 0 Å². The summed E-state index contributed by atoms with van der Waals surface area (Å²) in [7, 11) is -0.601. The van der Waals surface area contributed by atoms with Gasteiger partial charge in [0.1, 0.15) is 18.1 Å². The van der Waals surface area contributed by atoms with Crippen LogP contribution in [0.5, 0.6) is 5.75 Å². The lowest BCUT2D eigenvalue weighted by molar-refractivity contribution is 0.137. The summed E-state index contributed by atoms with van der Waals surface area (Å²) in [6.45, 7) is 2.50. The summed E-state index contributed by atoms with van der Waals surface area (Å²) in [4.78, 5) is 12.4. The average Bonchev–Trinajstić information content (AvgIpc) is 2.84. The highest BCUT2D eigenvalue weighted by molar-refractivity contribution is 7.99. The lowest BCUT2D eigenvalue weighted by Crippen LogP contribution is -2.39. The fourth-order valence-corrected chi connectivity index (χ4v) is 5.49. The first-order valence-electron chi connectivity index (χ1n) is 10.5. The maximum atomic E-state index is 13.7. The number of nitrogens with one attached hydrogen (secondary N) is 2. The molecule has 0 aliphatic carbocycles. The van der Waals surface area contributed by atoms with E-state index in [1.165, 1.54) is 7.11 Å². The van der Waals surface area contributed by atoms with E-state index in [0.29, 0.717) is 13.0 Å². The fourth-order valence-electron chi connectivity index (χ4n) is 3.01. The molecule has 7 nitrogen and oxygen atoms in total. The summed E-state index contributed by atoms with van der Waals surface area (Å²) >= 11 is 5.44. The van der Waals surface area contributed by atoms with Gasteiger partial charge in [-0.1, -0.05) is 74.4 Å². The van der Waals surface area contributed by atoms with E-state index in [2.05, 4.69) is 10.6 Å². The molecule has 0 heterocycles. The molecular formula is C23H31N2O5PS. The minimum atomic E-state index is -3.55. The van der Waals surface area contributed by atoms with E-state index in [9.17, 15) is 9.36 Å². The molecule has 0 saturated carbocycles. The minimum absolute atomic E-state index is 0.0836. The largest absolute Gasteiger partial charge is 0.497 e. The van der Waals surface area contributed by atoms with Gasteiger partial charge < -0.3 is 24.6 Å². The first-order valence-corrected chi connectivity index (χ1v) is 12.6. The Hall–Kier alpha value is -2.41. The Morgan fingerprint density at radius 1 is 1.06 bits per heavy atom. The Morgan fingerprint density at radius 3 is 2.34 bits per heavy atom. The number of amides is 1. The molecule has 2 rings (SSSR count).